The second-order valence-electron chi connectivity index (χ2n) is 5.37. The molecule has 0 bridgehead atoms. The van der Waals surface area contributed by atoms with E-state index in [0.29, 0.717) is 17.2 Å². The molecular formula is C13H22N4O3S. The number of likely N-dealkylation sites (tertiary alicyclic amines) is 1. The Labute approximate surface area is 128 Å². The van der Waals surface area contributed by atoms with Crippen molar-refractivity contribution in [2.45, 2.75) is 44.2 Å². The molecule has 1 saturated heterocycles. The molecule has 21 heavy (non-hydrogen) atoms. The lowest BCUT2D eigenvalue weighted by Gasteiger charge is -2.19. The average molecular weight is 314 g/mol. The molecule has 0 aromatic carbocycles. The van der Waals surface area contributed by atoms with Crippen LogP contribution in [0.3, 0.4) is 0 Å². The van der Waals surface area contributed by atoms with Crippen LogP contribution < -0.4 is 5.32 Å². The van der Waals surface area contributed by atoms with Gasteiger partial charge in [-0.2, -0.15) is 0 Å². The summed E-state index contributed by atoms with van der Waals surface area (Å²) in [6.45, 7) is 7.66. The van der Waals surface area contributed by atoms with Crippen molar-refractivity contribution in [3.05, 3.63) is 5.89 Å². The highest BCUT2D eigenvalue weighted by atomic mass is 32.2. The smallest absolute Gasteiger partial charge is 0.277 e. The summed E-state index contributed by atoms with van der Waals surface area (Å²) in [5, 5.41) is 11.0. The summed E-state index contributed by atoms with van der Waals surface area (Å²) >= 11 is 1.24. The van der Waals surface area contributed by atoms with Crippen LogP contribution in [-0.2, 0) is 9.53 Å². The first-order chi connectivity index (χ1) is 9.99. The van der Waals surface area contributed by atoms with Gasteiger partial charge in [-0.1, -0.05) is 11.8 Å². The third kappa shape index (κ3) is 4.42. The Morgan fingerprint density at radius 2 is 2.29 bits per heavy atom. The van der Waals surface area contributed by atoms with Gasteiger partial charge in [0, 0.05) is 33.2 Å². The Bertz CT molecular complexity index is 480. The molecule has 2 atom stereocenters. The van der Waals surface area contributed by atoms with Gasteiger partial charge < -0.3 is 14.5 Å². The van der Waals surface area contributed by atoms with Crippen molar-refractivity contribution < 1.29 is 13.9 Å². The van der Waals surface area contributed by atoms with Crippen LogP contribution in [0.25, 0.3) is 0 Å². The van der Waals surface area contributed by atoms with Crippen molar-refractivity contribution in [1.82, 2.24) is 20.4 Å². The second kappa shape index (κ2) is 7.24. The van der Waals surface area contributed by atoms with Gasteiger partial charge in [-0.15, -0.1) is 10.2 Å². The monoisotopic (exact) mass is 314 g/mol. The number of methoxy groups -OCH3 is 1. The predicted molar refractivity (Wildman–Crippen MR) is 79.2 cm³/mol. The van der Waals surface area contributed by atoms with Crippen molar-refractivity contribution in [2.75, 3.05) is 26.0 Å². The Morgan fingerprint density at radius 1 is 1.52 bits per heavy atom. The SMILES string of the molecule is CO[C@@H]1CN(C(C)C)C[C@H]1NC(=O)CSc1nnc(C)o1. The number of hydrogen-bond donors (Lipinski definition) is 1. The van der Waals surface area contributed by atoms with Crippen LogP contribution >= 0.6 is 11.8 Å². The van der Waals surface area contributed by atoms with Gasteiger partial charge in [-0.05, 0) is 13.8 Å². The summed E-state index contributed by atoms with van der Waals surface area (Å²) in [4.78, 5) is 14.3. The number of carbonyl (C=O) groups is 1. The Balaban J connectivity index is 1.81. The molecule has 1 aromatic heterocycles. The number of hydrogen-bond acceptors (Lipinski definition) is 7. The topological polar surface area (TPSA) is 80.5 Å². The molecule has 1 aliphatic heterocycles. The first kappa shape index (κ1) is 16.3. The zero-order valence-electron chi connectivity index (χ0n) is 12.8. The maximum atomic E-state index is 12.0. The number of amides is 1. The molecule has 2 heterocycles. The van der Waals surface area contributed by atoms with Crippen molar-refractivity contribution >= 4 is 17.7 Å². The third-order valence-electron chi connectivity index (χ3n) is 3.51. The summed E-state index contributed by atoms with van der Waals surface area (Å²) in [6, 6.07) is 0.468. The minimum atomic E-state index is -0.0477. The maximum Gasteiger partial charge on any atom is 0.277 e. The lowest BCUT2D eigenvalue weighted by Crippen LogP contribution is -2.44. The number of rotatable bonds is 6. The first-order valence-electron chi connectivity index (χ1n) is 6.98. The van der Waals surface area contributed by atoms with E-state index in [-0.39, 0.29) is 23.8 Å². The van der Waals surface area contributed by atoms with Crippen LogP contribution in [-0.4, -0.2) is 65.1 Å². The van der Waals surface area contributed by atoms with Gasteiger partial charge in [0.25, 0.3) is 5.22 Å². The third-order valence-corrected chi connectivity index (χ3v) is 4.33. The van der Waals surface area contributed by atoms with Gasteiger partial charge in [-0.3, -0.25) is 9.69 Å². The molecule has 0 unspecified atom stereocenters. The van der Waals surface area contributed by atoms with Crippen LogP contribution in [0.15, 0.2) is 9.64 Å². The van der Waals surface area contributed by atoms with Crippen LogP contribution in [0.1, 0.15) is 19.7 Å². The molecule has 1 aliphatic rings. The normalized spacial score (nSPS) is 22.9. The fourth-order valence-electron chi connectivity index (χ4n) is 2.31. The molecule has 0 spiro atoms. The van der Waals surface area contributed by atoms with Gasteiger partial charge in [0.15, 0.2) is 0 Å². The van der Waals surface area contributed by atoms with E-state index in [0.717, 1.165) is 13.1 Å². The minimum absolute atomic E-state index is 0.0231. The molecule has 0 radical (unpaired) electrons. The van der Waals surface area contributed by atoms with E-state index in [2.05, 4.69) is 34.3 Å². The van der Waals surface area contributed by atoms with E-state index in [1.807, 2.05) is 0 Å². The summed E-state index contributed by atoms with van der Waals surface area (Å²) in [5.74, 6) is 0.713. The Morgan fingerprint density at radius 3 is 2.86 bits per heavy atom. The van der Waals surface area contributed by atoms with Crippen molar-refractivity contribution in [3.8, 4) is 0 Å². The van der Waals surface area contributed by atoms with E-state index < -0.39 is 0 Å². The van der Waals surface area contributed by atoms with Gasteiger partial charge >= 0.3 is 0 Å². The minimum Gasteiger partial charge on any atom is -0.416 e. The highest BCUT2D eigenvalue weighted by Crippen LogP contribution is 2.18. The van der Waals surface area contributed by atoms with Gasteiger partial charge in [0.2, 0.25) is 11.8 Å². The Kier molecular flexibility index (Phi) is 5.60. The number of thioether (sulfide) groups is 1. The molecule has 1 N–H and O–H groups in total. The number of carbonyl (C=O) groups excluding carboxylic acids is 1. The average Bonchev–Trinajstić information content (AvgIpc) is 3.02. The predicted octanol–water partition coefficient (Wildman–Crippen LogP) is 0.694. The maximum absolute atomic E-state index is 12.0. The van der Waals surface area contributed by atoms with Crippen LogP contribution in [0.2, 0.25) is 0 Å². The van der Waals surface area contributed by atoms with E-state index in [4.69, 9.17) is 9.15 Å². The molecular weight excluding hydrogens is 292 g/mol. The summed E-state index contributed by atoms with van der Waals surface area (Å²) in [6.07, 6.45) is 0.0343. The number of nitrogens with zero attached hydrogens (tertiary/aromatic N) is 3. The highest BCUT2D eigenvalue weighted by molar-refractivity contribution is 7.99. The van der Waals surface area contributed by atoms with E-state index in [1.54, 1.807) is 14.0 Å². The van der Waals surface area contributed by atoms with E-state index in [9.17, 15) is 4.79 Å². The fraction of sp³-hybridized carbons (Fsp3) is 0.769. The fourth-order valence-corrected chi connectivity index (χ4v) is 2.93. The molecule has 0 aliphatic carbocycles. The molecule has 0 saturated carbocycles. The molecule has 2 rings (SSSR count). The summed E-state index contributed by atoms with van der Waals surface area (Å²) in [5.41, 5.74) is 0. The quantitative estimate of drug-likeness (QED) is 0.774. The molecule has 1 fully saturated rings. The first-order valence-corrected chi connectivity index (χ1v) is 7.97. The van der Waals surface area contributed by atoms with Crippen molar-refractivity contribution in [2.24, 2.45) is 0 Å². The van der Waals surface area contributed by atoms with Crippen molar-refractivity contribution in [1.29, 1.82) is 0 Å². The van der Waals surface area contributed by atoms with Crippen LogP contribution in [0.4, 0.5) is 0 Å². The summed E-state index contributed by atoms with van der Waals surface area (Å²) in [7, 11) is 1.68. The van der Waals surface area contributed by atoms with E-state index >= 15 is 0 Å². The second-order valence-corrected chi connectivity index (χ2v) is 6.30. The zero-order valence-corrected chi connectivity index (χ0v) is 13.6. The standard InChI is InChI=1S/C13H22N4O3S/c1-8(2)17-5-10(11(6-17)19-4)14-12(18)7-21-13-16-15-9(3)20-13/h8,10-11H,5-7H2,1-4H3,(H,14,18)/t10-,11-/m1/s1. The number of aryl methyl sites for hydroxylation is 1. The lowest BCUT2D eigenvalue weighted by molar-refractivity contribution is -0.119. The number of nitrogens with one attached hydrogen (secondary N) is 1. The van der Waals surface area contributed by atoms with Crippen LogP contribution in [0.5, 0.6) is 0 Å². The zero-order chi connectivity index (χ0) is 15.4. The highest BCUT2D eigenvalue weighted by Gasteiger charge is 2.34. The molecule has 118 valence electrons. The lowest BCUT2D eigenvalue weighted by atomic mass is 10.2. The van der Waals surface area contributed by atoms with Gasteiger partial charge in [0.1, 0.15) is 0 Å². The Hall–Kier alpha value is -1.12. The van der Waals surface area contributed by atoms with Gasteiger partial charge in [0.05, 0.1) is 17.9 Å². The number of ether oxygens (including phenoxy) is 1. The summed E-state index contributed by atoms with van der Waals surface area (Å²) < 4.78 is 10.7. The largest absolute Gasteiger partial charge is 0.416 e. The van der Waals surface area contributed by atoms with E-state index in [1.165, 1.54) is 11.8 Å². The molecule has 1 aromatic rings. The van der Waals surface area contributed by atoms with Crippen LogP contribution in [0, 0.1) is 6.92 Å². The molecule has 1 amide bonds. The van der Waals surface area contributed by atoms with Crippen molar-refractivity contribution in [3.63, 3.8) is 0 Å². The molecule has 8 heteroatoms. The van der Waals surface area contributed by atoms with Gasteiger partial charge in [-0.25, -0.2) is 0 Å². The molecule has 7 nitrogen and oxygen atoms in total. The number of aromatic nitrogens is 2.